The zero-order chi connectivity index (χ0) is 18.4. The van der Waals surface area contributed by atoms with Gasteiger partial charge in [-0.15, -0.1) is 0 Å². The molecule has 134 valence electrons. The molecule has 0 saturated carbocycles. The SMILES string of the molecule is CN(C)S(=O)(=O)N(C)CC(=O)Nc1ccccc1Sc1ccccc1. The van der Waals surface area contributed by atoms with Crippen molar-refractivity contribution in [3.63, 3.8) is 0 Å². The maximum atomic E-state index is 12.3. The molecule has 1 amide bonds. The second-order valence-corrected chi connectivity index (χ2v) is 8.87. The zero-order valence-electron chi connectivity index (χ0n) is 14.3. The van der Waals surface area contributed by atoms with Crippen molar-refractivity contribution in [3.05, 3.63) is 54.6 Å². The molecule has 0 aromatic heterocycles. The van der Waals surface area contributed by atoms with Gasteiger partial charge in [0.15, 0.2) is 0 Å². The molecular formula is C17H21N3O3S2. The Morgan fingerprint density at radius 1 is 1.00 bits per heavy atom. The van der Waals surface area contributed by atoms with E-state index < -0.39 is 16.1 Å². The maximum absolute atomic E-state index is 12.3. The monoisotopic (exact) mass is 379 g/mol. The number of carbonyl (C=O) groups excluding carboxylic acids is 1. The van der Waals surface area contributed by atoms with Crippen molar-refractivity contribution in [1.29, 1.82) is 0 Å². The molecular weight excluding hydrogens is 358 g/mol. The number of anilines is 1. The van der Waals surface area contributed by atoms with Gasteiger partial charge in [0.1, 0.15) is 0 Å². The van der Waals surface area contributed by atoms with E-state index in [2.05, 4.69) is 5.32 Å². The Morgan fingerprint density at radius 2 is 1.60 bits per heavy atom. The molecule has 1 N–H and O–H groups in total. The molecule has 0 spiro atoms. The van der Waals surface area contributed by atoms with E-state index in [1.54, 1.807) is 6.07 Å². The first kappa shape index (κ1) is 19.5. The molecule has 25 heavy (non-hydrogen) atoms. The second-order valence-electron chi connectivity index (χ2n) is 5.51. The summed E-state index contributed by atoms with van der Waals surface area (Å²) in [7, 11) is 0.605. The number of carbonyl (C=O) groups is 1. The van der Waals surface area contributed by atoms with Gasteiger partial charge in [-0.1, -0.05) is 42.1 Å². The molecule has 2 rings (SSSR count). The van der Waals surface area contributed by atoms with E-state index in [1.165, 1.54) is 32.9 Å². The normalized spacial score (nSPS) is 11.7. The van der Waals surface area contributed by atoms with Crippen LogP contribution in [0.4, 0.5) is 5.69 Å². The van der Waals surface area contributed by atoms with E-state index in [-0.39, 0.29) is 6.54 Å². The van der Waals surface area contributed by atoms with Crippen LogP contribution in [0, 0.1) is 0 Å². The maximum Gasteiger partial charge on any atom is 0.281 e. The third-order valence-corrected chi connectivity index (χ3v) is 6.28. The van der Waals surface area contributed by atoms with Crippen LogP contribution in [0.15, 0.2) is 64.4 Å². The molecule has 0 bridgehead atoms. The highest BCUT2D eigenvalue weighted by molar-refractivity contribution is 7.99. The number of benzene rings is 2. The fourth-order valence-electron chi connectivity index (χ4n) is 2.03. The fourth-order valence-corrected chi connectivity index (χ4v) is 3.79. The summed E-state index contributed by atoms with van der Waals surface area (Å²) >= 11 is 1.53. The highest BCUT2D eigenvalue weighted by Crippen LogP contribution is 2.33. The van der Waals surface area contributed by atoms with Crippen LogP contribution in [0.25, 0.3) is 0 Å². The minimum atomic E-state index is -3.62. The minimum absolute atomic E-state index is 0.259. The molecule has 6 nitrogen and oxygen atoms in total. The van der Waals surface area contributed by atoms with Crippen molar-refractivity contribution in [1.82, 2.24) is 8.61 Å². The standard InChI is InChI=1S/C17H21N3O3S2/c1-19(2)25(22,23)20(3)13-17(21)18-15-11-7-8-12-16(15)24-14-9-5-4-6-10-14/h4-12H,13H2,1-3H3,(H,18,21). The lowest BCUT2D eigenvalue weighted by Crippen LogP contribution is -2.41. The first-order chi connectivity index (χ1) is 11.8. The predicted molar refractivity (Wildman–Crippen MR) is 101 cm³/mol. The lowest BCUT2D eigenvalue weighted by Gasteiger charge is -2.21. The fraction of sp³-hybridized carbons (Fsp3) is 0.235. The van der Waals surface area contributed by atoms with Crippen molar-refractivity contribution in [3.8, 4) is 0 Å². The highest BCUT2D eigenvalue weighted by atomic mass is 32.2. The summed E-state index contributed by atoms with van der Waals surface area (Å²) in [5.74, 6) is -0.394. The number of para-hydroxylation sites is 1. The quantitative estimate of drug-likeness (QED) is 0.803. The number of hydrogen-bond acceptors (Lipinski definition) is 4. The summed E-state index contributed by atoms with van der Waals surface area (Å²) in [6.45, 7) is -0.259. The van der Waals surface area contributed by atoms with Crippen molar-refractivity contribution in [2.45, 2.75) is 9.79 Å². The molecule has 0 radical (unpaired) electrons. The zero-order valence-corrected chi connectivity index (χ0v) is 16.0. The number of nitrogens with one attached hydrogen (secondary N) is 1. The van der Waals surface area contributed by atoms with Crippen LogP contribution in [0.2, 0.25) is 0 Å². The van der Waals surface area contributed by atoms with E-state index in [0.717, 1.165) is 18.4 Å². The van der Waals surface area contributed by atoms with Crippen LogP contribution in [-0.4, -0.2) is 50.6 Å². The average Bonchev–Trinajstić information content (AvgIpc) is 2.57. The summed E-state index contributed by atoms with van der Waals surface area (Å²) < 4.78 is 26.1. The molecule has 0 fully saturated rings. The van der Waals surface area contributed by atoms with Crippen LogP contribution in [-0.2, 0) is 15.0 Å². The molecule has 0 saturated heterocycles. The first-order valence-electron chi connectivity index (χ1n) is 7.56. The third kappa shape index (κ3) is 5.30. The Morgan fingerprint density at radius 3 is 2.24 bits per heavy atom. The summed E-state index contributed by atoms with van der Waals surface area (Å²) in [6, 6.07) is 17.2. The third-order valence-electron chi connectivity index (χ3n) is 3.35. The van der Waals surface area contributed by atoms with Crippen LogP contribution < -0.4 is 5.32 Å². The largest absolute Gasteiger partial charge is 0.324 e. The van der Waals surface area contributed by atoms with Gasteiger partial charge < -0.3 is 5.32 Å². The van der Waals surface area contributed by atoms with Crippen LogP contribution in [0.3, 0.4) is 0 Å². The summed E-state index contributed by atoms with van der Waals surface area (Å²) in [4.78, 5) is 14.2. The van der Waals surface area contributed by atoms with E-state index in [0.29, 0.717) is 5.69 Å². The van der Waals surface area contributed by atoms with Crippen LogP contribution in [0.1, 0.15) is 0 Å². The molecule has 8 heteroatoms. The van der Waals surface area contributed by atoms with Gasteiger partial charge in [-0.2, -0.15) is 17.0 Å². The van der Waals surface area contributed by atoms with Gasteiger partial charge in [-0.3, -0.25) is 4.79 Å². The van der Waals surface area contributed by atoms with Crippen LogP contribution in [0.5, 0.6) is 0 Å². The van der Waals surface area contributed by atoms with Crippen molar-refractivity contribution >= 4 is 33.6 Å². The summed E-state index contributed by atoms with van der Waals surface area (Å²) in [5, 5.41) is 2.79. The minimum Gasteiger partial charge on any atom is -0.324 e. The predicted octanol–water partition coefficient (Wildman–Crippen LogP) is 2.51. The van der Waals surface area contributed by atoms with E-state index in [4.69, 9.17) is 0 Å². The van der Waals surface area contributed by atoms with Crippen molar-refractivity contribution in [2.24, 2.45) is 0 Å². The molecule has 0 aliphatic heterocycles. The number of nitrogens with zero attached hydrogens (tertiary/aromatic N) is 2. The molecule has 2 aromatic carbocycles. The Kier molecular flexibility index (Phi) is 6.60. The van der Waals surface area contributed by atoms with Gasteiger partial charge in [-0.05, 0) is 24.3 Å². The number of rotatable bonds is 7. The van der Waals surface area contributed by atoms with Crippen molar-refractivity contribution < 1.29 is 13.2 Å². The molecule has 0 unspecified atom stereocenters. The lowest BCUT2D eigenvalue weighted by atomic mass is 10.3. The summed E-state index contributed by atoms with van der Waals surface area (Å²) in [6.07, 6.45) is 0. The Balaban J connectivity index is 2.09. The van der Waals surface area contributed by atoms with E-state index >= 15 is 0 Å². The van der Waals surface area contributed by atoms with E-state index in [9.17, 15) is 13.2 Å². The van der Waals surface area contributed by atoms with Gasteiger partial charge in [-0.25, -0.2) is 0 Å². The summed E-state index contributed by atoms with van der Waals surface area (Å²) in [5.41, 5.74) is 0.650. The number of hydrogen-bond donors (Lipinski definition) is 1. The van der Waals surface area contributed by atoms with Gasteiger partial charge in [0.05, 0.1) is 12.2 Å². The Bertz CT molecular complexity index is 824. The Hall–Kier alpha value is -1.87. The highest BCUT2D eigenvalue weighted by Gasteiger charge is 2.23. The molecule has 0 heterocycles. The van der Waals surface area contributed by atoms with Gasteiger partial charge in [0.2, 0.25) is 5.91 Å². The molecule has 0 aliphatic rings. The number of likely N-dealkylation sites (N-methyl/N-ethyl adjacent to an activating group) is 1. The molecule has 2 aromatic rings. The van der Waals surface area contributed by atoms with Gasteiger partial charge in [0.25, 0.3) is 10.2 Å². The lowest BCUT2D eigenvalue weighted by molar-refractivity contribution is -0.116. The molecule has 0 atom stereocenters. The molecule has 0 aliphatic carbocycles. The van der Waals surface area contributed by atoms with Gasteiger partial charge in [0, 0.05) is 30.9 Å². The topological polar surface area (TPSA) is 69.7 Å². The van der Waals surface area contributed by atoms with Crippen LogP contribution >= 0.6 is 11.8 Å². The van der Waals surface area contributed by atoms with Gasteiger partial charge >= 0.3 is 0 Å². The second kappa shape index (κ2) is 8.48. The number of amides is 1. The van der Waals surface area contributed by atoms with Crippen molar-refractivity contribution in [2.75, 3.05) is 33.0 Å². The van der Waals surface area contributed by atoms with E-state index in [1.807, 2.05) is 48.5 Å². The smallest absolute Gasteiger partial charge is 0.281 e. The first-order valence-corrected chi connectivity index (χ1v) is 9.77. The average molecular weight is 380 g/mol. The Labute approximate surface area is 153 Å².